The van der Waals surface area contributed by atoms with Gasteiger partial charge < -0.3 is 4.74 Å². The van der Waals surface area contributed by atoms with E-state index in [1.54, 1.807) is 6.20 Å². The number of ether oxygens (including phenoxy) is 1. The summed E-state index contributed by atoms with van der Waals surface area (Å²) in [6.45, 7) is 1.92. The molecular formula is C12H10BrNO. The van der Waals surface area contributed by atoms with Gasteiger partial charge in [-0.2, -0.15) is 0 Å². The lowest BCUT2D eigenvalue weighted by atomic mass is 10.3. The van der Waals surface area contributed by atoms with Gasteiger partial charge in [-0.1, -0.05) is 18.2 Å². The maximum absolute atomic E-state index is 5.70. The Balaban J connectivity index is 2.28. The lowest BCUT2D eigenvalue weighted by Gasteiger charge is -2.07. The van der Waals surface area contributed by atoms with Crippen LogP contribution in [0.5, 0.6) is 11.5 Å². The van der Waals surface area contributed by atoms with Crippen molar-refractivity contribution in [2.24, 2.45) is 0 Å². The average Bonchev–Trinajstić information content (AvgIpc) is 2.25. The zero-order chi connectivity index (χ0) is 10.7. The molecule has 0 N–H and O–H groups in total. The normalized spacial score (nSPS) is 10.0. The summed E-state index contributed by atoms with van der Waals surface area (Å²) in [5.74, 6) is 1.59. The van der Waals surface area contributed by atoms with Crippen LogP contribution in [-0.4, -0.2) is 4.98 Å². The van der Waals surface area contributed by atoms with Gasteiger partial charge in [-0.3, -0.25) is 4.98 Å². The van der Waals surface area contributed by atoms with Crippen molar-refractivity contribution in [1.82, 2.24) is 4.98 Å². The molecule has 2 nitrogen and oxygen atoms in total. The van der Waals surface area contributed by atoms with E-state index in [9.17, 15) is 0 Å². The molecule has 1 heterocycles. The zero-order valence-corrected chi connectivity index (χ0v) is 9.86. The Kier molecular flexibility index (Phi) is 3.02. The van der Waals surface area contributed by atoms with Crippen molar-refractivity contribution in [2.45, 2.75) is 6.92 Å². The molecule has 0 amide bonds. The molecular weight excluding hydrogens is 254 g/mol. The Morgan fingerprint density at radius 3 is 2.67 bits per heavy atom. The van der Waals surface area contributed by atoms with Crippen LogP contribution in [0.3, 0.4) is 0 Å². The van der Waals surface area contributed by atoms with Crippen LogP contribution in [0.25, 0.3) is 0 Å². The highest BCUT2D eigenvalue weighted by atomic mass is 79.9. The molecule has 0 aliphatic carbocycles. The maximum atomic E-state index is 5.70. The van der Waals surface area contributed by atoms with Crippen molar-refractivity contribution in [2.75, 3.05) is 0 Å². The quantitative estimate of drug-likeness (QED) is 0.819. The zero-order valence-electron chi connectivity index (χ0n) is 8.27. The number of pyridine rings is 1. The summed E-state index contributed by atoms with van der Waals surface area (Å²) >= 11 is 3.37. The summed E-state index contributed by atoms with van der Waals surface area (Å²) in [4.78, 5) is 4.20. The molecule has 0 atom stereocenters. The van der Waals surface area contributed by atoms with E-state index in [0.717, 1.165) is 21.7 Å². The van der Waals surface area contributed by atoms with Crippen molar-refractivity contribution in [3.05, 3.63) is 52.8 Å². The molecule has 1 aromatic carbocycles. The topological polar surface area (TPSA) is 22.1 Å². The first-order valence-corrected chi connectivity index (χ1v) is 5.40. The second-order valence-corrected chi connectivity index (χ2v) is 4.07. The first-order valence-electron chi connectivity index (χ1n) is 4.61. The second kappa shape index (κ2) is 4.45. The fourth-order valence-corrected chi connectivity index (χ4v) is 1.52. The molecule has 15 heavy (non-hydrogen) atoms. The molecule has 1 aromatic heterocycles. The van der Waals surface area contributed by atoms with Crippen LogP contribution in [0.15, 0.2) is 47.1 Å². The van der Waals surface area contributed by atoms with E-state index in [1.165, 1.54) is 0 Å². The molecule has 0 spiro atoms. The molecule has 0 saturated heterocycles. The Bertz CT molecular complexity index is 456. The van der Waals surface area contributed by atoms with Gasteiger partial charge in [-0.05, 0) is 41.1 Å². The van der Waals surface area contributed by atoms with Crippen molar-refractivity contribution >= 4 is 15.9 Å². The van der Waals surface area contributed by atoms with Crippen molar-refractivity contribution < 1.29 is 4.74 Å². The molecule has 2 rings (SSSR count). The first-order chi connectivity index (χ1) is 7.25. The van der Waals surface area contributed by atoms with Gasteiger partial charge in [0.15, 0.2) is 0 Å². The summed E-state index contributed by atoms with van der Waals surface area (Å²) in [5.41, 5.74) is 0.877. The highest BCUT2D eigenvalue weighted by Crippen LogP contribution is 2.25. The number of hydrogen-bond donors (Lipinski definition) is 0. The van der Waals surface area contributed by atoms with Crippen LogP contribution in [-0.2, 0) is 0 Å². The Morgan fingerprint density at radius 1 is 1.20 bits per heavy atom. The van der Waals surface area contributed by atoms with Gasteiger partial charge in [-0.15, -0.1) is 0 Å². The molecule has 3 heteroatoms. The molecule has 2 aromatic rings. The molecule has 0 aliphatic heterocycles. The number of hydrogen-bond acceptors (Lipinski definition) is 2. The summed E-state index contributed by atoms with van der Waals surface area (Å²) in [5, 5.41) is 0. The largest absolute Gasteiger partial charge is 0.455 e. The Morgan fingerprint density at radius 2 is 1.93 bits per heavy atom. The summed E-state index contributed by atoms with van der Waals surface area (Å²) in [6, 6.07) is 11.6. The van der Waals surface area contributed by atoms with Crippen molar-refractivity contribution in [3.63, 3.8) is 0 Å². The number of para-hydroxylation sites is 1. The minimum atomic E-state index is 0.774. The number of benzene rings is 1. The number of halogens is 1. The number of nitrogens with zero attached hydrogens (tertiary/aromatic N) is 1. The molecule has 0 unspecified atom stereocenters. The van der Waals surface area contributed by atoms with Gasteiger partial charge in [-0.25, -0.2) is 0 Å². The fraction of sp³-hybridized carbons (Fsp3) is 0.0833. The van der Waals surface area contributed by atoms with E-state index < -0.39 is 0 Å². The molecule has 0 radical (unpaired) electrons. The number of rotatable bonds is 2. The number of aryl methyl sites for hydroxylation is 1. The van der Waals surface area contributed by atoms with Gasteiger partial charge in [0.25, 0.3) is 0 Å². The van der Waals surface area contributed by atoms with Gasteiger partial charge in [0.1, 0.15) is 11.5 Å². The van der Waals surface area contributed by atoms with Gasteiger partial charge in [0.05, 0.1) is 5.69 Å². The monoisotopic (exact) mass is 263 g/mol. The van der Waals surface area contributed by atoms with E-state index in [-0.39, 0.29) is 0 Å². The standard InChI is InChI=1S/C12H10BrNO/c1-9-12(7-10(13)8-14-9)15-11-5-3-2-4-6-11/h2-8H,1H3. The van der Waals surface area contributed by atoms with Crippen LogP contribution in [0.4, 0.5) is 0 Å². The van der Waals surface area contributed by atoms with E-state index in [2.05, 4.69) is 20.9 Å². The summed E-state index contributed by atoms with van der Waals surface area (Å²) in [6.07, 6.45) is 1.76. The third kappa shape index (κ3) is 2.57. The first kappa shape index (κ1) is 10.2. The Hall–Kier alpha value is -1.35. The highest BCUT2D eigenvalue weighted by Gasteiger charge is 2.02. The van der Waals surface area contributed by atoms with Crippen molar-refractivity contribution in [1.29, 1.82) is 0 Å². The third-order valence-corrected chi connectivity index (χ3v) is 2.41. The van der Waals surface area contributed by atoms with E-state index >= 15 is 0 Å². The Labute approximate surface area is 97.1 Å². The van der Waals surface area contributed by atoms with E-state index in [4.69, 9.17) is 4.74 Å². The van der Waals surface area contributed by atoms with Crippen LogP contribution in [0.2, 0.25) is 0 Å². The molecule has 0 saturated carbocycles. The number of aromatic nitrogens is 1. The van der Waals surface area contributed by atoms with Gasteiger partial charge >= 0.3 is 0 Å². The van der Waals surface area contributed by atoms with Crippen LogP contribution in [0, 0.1) is 6.92 Å². The van der Waals surface area contributed by atoms with Crippen molar-refractivity contribution in [3.8, 4) is 11.5 Å². The highest BCUT2D eigenvalue weighted by molar-refractivity contribution is 9.10. The lowest BCUT2D eigenvalue weighted by Crippen LogP contribution is -1.89. The minimum absolute atomic E-state index is 0.774. The van der Waals surface area contributed by atoms with Gasteiger partial charge in [0.2, 0.25) is 0 Å². The summed E-state index contributed by atoms with van der Waals surface area (Å²) < 4.78 is 6.61. The van der Waals surface area contributed by atoms with Crippen LogP contribution in [0.1, 0.15) is 5.69 Å². The maximum Gasteiger partial charge on any atom is 0.149 e. The SMILES string of the molecule is Cc1ncc(Br)cc1Oc1ccccc1. The van der Waals surface area contributed by atoms with Gasteiger partial charge in [0, 0.05) is 10.7 Å². The predicted octanol–water partition coefficient (Wildman–Crippen LogP) is 3.94. The second-order valence-electron chi connectivity index (χ2n) is 3.15. The minimum Gasteiger partial charge on any atom is -0.455 e. The summed E-state index contributed by atoms with van der Waals surface area (Å²) in [7, 11) is 0. The van der Waals surface area contributed by atoms with Crippen LogP contribution >= 0.6 is 15.9 Å². The lowest BCUT2D eigenvalue weighted by molar-refractivity contribution is 0.475. The molecule has 0 bridgehead atoms. The van der Waals surface area contributed by atoms with E-state index in [0.29, 0.717) is 0 Å². The molecule has 0 aliphatic rings. The molecule has 76 valence electrons. The van der Waals surface area contributed by atoms with Crippen LogP contribution < -0.4 is 4.74 Å². The smallest absolute Gasteiger partial charge is 0.149 e. The third-order valence-electron chi connectivity index (χ3n) is 1.98. The average molecular weight is 264 g/mol. The molecule has 0 fully saturated rings. The fourth-order valence-electron chi connectivity index (χ4n) is 1.21. The van der Waals surface area contributed by atoms with E-state index in [1.807, 2.05) is 43.3 Å². The predicted molar refractivity (Wildman–Crippen MR) is 63.2 cm³/mol.